The number of nitrogens with one attached hydrogen (secondary N) is 1. The lowest BCUT2D eigenvalue weighted by atomic mass is 9.96. The molecular weight excluding hydrogens is 322 g/mol. The molecule has 3 rings (SSSR count). The van der Waals surface area contributed by atoms with Gasteiger partial charge in [0.05, 0.1) is 10.7 Å². The average Bonchev–Trinajstić information content (AvgIpc) is 2.55. The lowest BCUT2D eigenvalue weighted by Crippen LogP contribution is -2.53. The van der Waals surface area contributed by atoms with E-state index in [1.807, 2.05) is 11.0 Å². The summed E-state index contributed by atoms with van der Waals surface area (Å²) in [5, 5.41) is 4.03. The van der Waals surface area contributed by atoms with Crippen molar-refractivity contribution in [2.75, 3.05) is 31.1 Å². The van der Waals surface area contributed by atoms with Crippen LogP contribution in [0.2, 0.25) is 5.02 Å². The summed E-state index contributed by atoms with van der Waals surface area (Å²) in [6, 6.07) is 4.67. The molecule has 4 nitrogen and oxygen atoms in total. The van der Waals surface area contributed by atoms with Crippen molar-refractivity contribution >= 4 is 23.3 Å². The van der Waals surface area contributed by atoms with Crippen molar-refractivity contribution in [3.8, 4) is 0 Å². The number of nitrogens with zero attached hydrogens (tertiary/aromatic N) is 2. The number of rotatable bonds is 2. The van der Waals surface area contributed by atoms with Gasteiger partial charge in [-0.15, -0.1) is 0 Å². The van der Waals surface area contributed by atoms with E-state index in [-0.39, 0.29) is 6.03 Å². The number of carbonyl (C=O) groups excluding carboxylic acids is 1. The minimum Gasteiger partial charge on any atom is -0.367 e. The highest BCUT2D eigenvalue weighted by Gasteiger charge is 2.25. The largest absolute Gasteiger partial charge is 0.367 e. The molecule has 0 aromatic heterocycles. The van der Waals surface area contributed by atoms with Gasteiger partial charge in [-0.1, -0.05) is 36.9 Å². The Bertz CT molecular complexity index is 567. The predicted molar refractivity (Wildman–Crippen MR) is 100 cm³/mol. The van der Waals surface area contributed by atoms with E-state index in [2.05, 4.69) is 30.1 Å². The SMILES string of the molecule is Cc1cc(C)c(N2CCN(C(=O)NC3CCCCC3)CC2)c(Cl)c1. The van der Waals surface area contributed by atoms with Gasteiger partial charge in [-0.2, -0.15) is 0 Å². The highest BCUT2D eigenvalue weighted by molar-refractivity contribution is 6.33. The van der Waals surface area contributed by atoms with Gasteiger partial charge in [0, 0.05) is 32.2 Å². The van der Waals surface area contributed by atoms with Crippen molar-refractivity contribution in [3.05, 3.63) is 28.3 Å². The van der Waals surface area contributed by atoms with Crippen LogP contribution in [-0.4, -0.2) is 43.2 Å². The molecule has 2 fully saturated rings. The van der Waals surface area contributed by atoms with E-state index in [1.54, 1.807) is 0 Å². The maximum absolute atomic E-state index is 12.5. The fraction of sp³-hybridized carbons (Fsp3) is 0.632. The molecule has 1 aromatic carbocycles. The molecule has 0 unspecified atom stereocenters. The Morgan fingerprint density at radius 1 is 1.08 bits per heavy atom. The quantitative estimate of drug-likeness (QED) is 0.871. The molecule has 1 saturated heterocycles. The first kappa shape index (κ1) is 17.4. The number of carbonyl (C=O) groups is 1. The van der Waals surface area contributed by atoms with Crippen molar-refractivity contribution in [2.45, 2.75) is 52.0 Å². The van der Waals surface area contributed by atoms with E-state index in [4.69, 9.17) is 11.6 Å². The number of hydrogen-bond acceptors (Lipinski definition) is 2. The van der Waals surface area contributed by atoms with E-state index >= 15 is 0 Å². The van der Waals surface area contributed by atoms with E-state index in [0.717, 1.165) is 49.7 Å². The number of urea groups is 1. The van der Waals surface area contributed by atoms with Crippen LogP contribution < -0.4 is 10.2 Å². The average molecular weight is 350 g/mol. The van der Waals surface area contributed by atoms with Gasteiger partial charge in [0.25, 0.3) is 0 Å². The van der Waals surface area contributed by atoms with Gasteiger partial charge in [-0.25, -0.2) is 4.79 Å². The number of aryl methyl sites for hydroxylation is 2. The molecule has 0 spiro atoms. The van der Waals surface area contributed by atoms with Crippen LogP contribution in [-0.2, 0) is 0 Å². The second-order valence-electron chi connectivity index (χ2n) is 7.17. The number of hydrogen-bond donors (Lipinski definition) is 1. The Morgan fingerprint density at radius 2 is 1.75 bits per heavy atom. The summed E-state index contributed by atoms with van der Waals surface area (Å²) in [5.41, 5.74) is 3.52. The Labute approximate surface area is 150 Å². The Morgan fingerprint density at radius 3 is 2.38 bits per heavy atom. The molecule has 1 aliphatic carbocycles. The van der Waals surface area contributed by atoms with Crippen molar-refractivity contribution in [1.29, 1.82) is 0 Å². The first-order chi connectivity index (χ1) is 11.5. The Hall–Kier alpha value is -1.42. The molecule has 0 radical (unpaired) electrons. The number of anilines is 1. The second kappa shape index (κ2) is 7.64. The zero-order valence-corrected chi connectivity index (χ0v) is 15.5. The van der Waals surface area contributed by atoms with Crippen molar-refractivity contribution in [2.24, 2.45) is 0 Å². The highest BCUT2D eigenvalue weighted by atomic mass is 35.5. The predicted octanol–water partition coefficient (Wildman–Crippen LogP) is 4.12. The van der Waals surface area contributed by atoms with Crippen molar-refractivity contribution in [1.82, 2.24) is 10.2 Å². The zero-order valence-electron chi connectivity index (χ0n) is 14.8. The highest BCUT2D eigenvalue weighted by Crippen LogP contribution is 2.31. The van der Waals surface area contributed by atoms with Crippen LogP contribution in [0.4, 0.5) is 10.5 Å². The Kier molecular flexibility index (Phi) is 5.54. The van der Waals surface area contributed by atoms with Crippen LogP contribution in [0.25, 0.3) is 0 Å². The molecule has 0 bridgehead atoms. The number of halogens is 1. The maximum atomic E-state index is 12.5. The first-order valence-corrected chi connectivity index (χ1v) is 9.49. The minimum absolute atomic E-state index is 0.105. The normalized spacial score (nSPS) is 19.5. The first-order valence-electron chi connectivity index (χ1n) is 9.12. The van der Waals surface area contributed by atoms with Gasteiger partial charge in [0.1, 0.15) is 0 Å². The summed E-state index contributed by atoms with van der Waals surface area (Å²) >= 11 is 6.46. The molecule has 1 aromatic rings. The standard InChI is InChI=1S/C19H28ClN3O/c1-14-12-15(2)18(17(20)13-14)22-8-10-23(11-9-22)19(24)21-16-6-4-3-5-7-16/h12-13,16H,3-11H2,1-2H3,(H,21,24). The van der Waals surface area contributed by atoms with Crippen LogP contribution >= 0.6 is 11.6 Å². The molecule has 132 valence electrons. The van der Waals surface area contributed by atoms with Crippen LogP contribution in [0, 0.1) is 13.8 Å². The van der Waals surface area contributed by atoms with E-state index in [9.17, 15) is 4.79 Å². The minimum atomic E-state index is 0.105. The summed E-state index contributed by atoms with van der Waals surface area (Å²) in [4.78, 5) is 16.7. The molecule has 1 saturated carbocycles. The molecule has 2 amide bonds. The van der Waals surface area contributed by atoms with Gasteiger partial charge in [0.2, 0.25) is 0 Å². The lowest BCUT2D eigenvalue weighted by Gasteiger charge is -2.38. The molecule has 5 heteroatoms. The third kappa shape index (κ3) is 3.97. The van der Waals surface area contributed by atoms with Gasteiger partial charge in [-0.05, 0) is 43.9 Å². The molecule has 1 aliphatic heterocycles. The van der Waals surface area contributed by atoms with Crippen LogP contribution in [0.15, 0.2) is 12.1 Å². The fourth-order valence-electron chi connectivity index (χ4n) is 3.95. The fourth-order valence-corrected chi connectivity index (χ4v) is 4.40. The molecule has 2 aliphatic rings. The molecule has 0 atom stereocenters. The third-order valence-corrected chi connectivity index (χ3v) is 5.50. The topological polar surface area (TPSA) is 35.6 Å². The second-order valence-corrected chi connectivity index (χ2v) is 7.58. The van der Waals surface area contributed by atoms with Crippen molar-refractivity contribution < 1.29 is 4.79 Å². The van der Waals surface area contributed by atoms with Gasteiger partial charge >= 0.3 is 6.03 Å². The van der Waals surface area contributed by atoms with Gasteiger partial charge in [0.15, 0.2) is 0 Å². The van der Waals surface area contributed by atoms with E-state index < -0.39 is 0 Å². The number of benzene rings is 1. The van der Waals surface area contributed by atoms with E-state index in [1.165, 1.54) is 30.4 Å². The maximum Gasteiger partial charge on any atom is 0.317 e. The molecule has 1 heterocycles. The summed E-state index contributed by atoms with van der Waals surface area (Å²) < 4.78 is 0. The van der Waals surface area contributed by atoms with Crippen LogP contribution in [0.3, 0.4) is 0 Å². The molecule has 24 heavy (non-hydrogen) atoms. The van der Waals surface area contributed by atoms with Gasteiger partial charge in [-0.3, -0.25) is 0 Å². The lowest BCUT2D eigenvalue weighted by molar-refractivity contribution is 0.186. The van der Waals surface area contributed by atoms with Crippen LogP contribution in [0.5, 0.6) is 0 Å². The van der Waals surface area contributed by atoms with Crippen LogP contribution in [0.1, 0.15) is 43.2 Å². The van der Waals surface area contributed by atoms with Crippen molar-refractivity contribution in [3.63, 3.8) is 0 Å². The van der Waals surface area contributed by atoms with Gasteiger partial charge < -0.3 is 15.1 Å². The summed E-state index contributed by atoms with van der Waals surface area (Å²) in [5.74, 6) is 0. The summed E-state index contributed by atoms with van der Waals surface area (Å²) in [6.07, 6.45) is 6.04. The molecular formula is C19H28ClN3O. The van der Waals surface area contributed by atoms with E-state index in [0.29, 0.717) is 6.04 Å². The molecule has 1 N–H and O–H groups in total. The number of piperazine rings is 1. The monoisotopic (exact) mass is 349 g/mol. The third-order valence-electron chi connectivity index (χ3n) is 5.21. The summed E-state index contributed by atoms with van der Waals surface area (Å²) in [7, 11) is 0. The zero-order chi connectivity index (χ0) is 17.1. The summed E-state index contributed by atoms with van der Waals surface area (Å²) in [6.45, 7) is 7.35. The Balaban J connectivity index is 1.56. The number of amides is 2. The smallest absolute Gasteiger partial charge is 0.317 e.